The summed E-state index contributed by atoms with van der Waals surface area (Å²) in [6.07, 6.45) is 11.8. The molecule has 0 saturated heterocycles. The lowest BCUT2D eigenvalue weighted by molar-refractivity contribution is -0.0704. The van der Waals surface area contributed by atoms with E-state index in [2.05, 4.69) is 42.8 Å². The molecule has 0 spiro atoms. The van der Waals surface area contributed by atoms with Crippen LogP contribution >= 0.6 is 11.5 Å². The van der Waals surface area contributed by atoms with Crippen molar-refractivity contribution in [3.63, 3.8) is 0 Å². The number of carbonyl (C=O) groups is 1. The molecule has 4 aliphatic carbocycles. The summed E-state index contributed by atoms with van der Waals surface area (Å²) >= 11 is 1.52. The standard InChI is InChI=1S/C22H34N2O2S/c1-5-6-18(22-10-14-7-15(11-22)9-16(8-14)12-22)17-13-24(21(2,3)4)27-19(17)23-20(25)26/h13-16,18H,5-12H2,1-4H3,(H,25,26). The molecule has 4 saturated carbocycles. The van der Waals surface area contributed by atoms with Gasteiger partial charge in [0.15, 0.2) is 0 Å². The summed E-state index contributed by atoms with van der Waals surface area (Å²) < 4.78 is 2.94. The Kier molecular flexibility index (Phi) is 4.81. The quantitative estimate of drug-likeness (QED) is 0.687. The van der Waals surface area contributed by atoms with Crippen molar-refractivity contribution in [2.45, 2.75) is 90.5 Å². The Bertz CT molecular complexity index is 748. The second-order valence-corrected chi connectivity index (χ2v) is 11.5. The van der Waals surface area contributed by atoms with Crippen molar-refractivity contribution in [2.75, 3.05) is 0 Å². The van der Waals surface area contributed by atoms with Crippen LogP contribution in [0.3, 0.4) is 0 Å². The first-order valence-electron chi connectivity index (χ1n) is 10.7. The predicted octanol–water partition coefficient (Wildman–Crippen LogP) is 5.98. The first kappa shape index (κ1) is 19.2. The number of hydrogen-bond acceptors (Lipinski definition) is 2. The average Bonchev–Trinajstić information content (AvgIpc) is 2.94. The van der Waals surface area contributed by atoms with Gasteiger partial charge in [-0.25, -0.2) is 4.79 Å². The van der Waals surface area contributed by atoms with E-state index in [1.807, 2.05) is 0 Å². The normalized spacial score (nSPS) is 34.2. The zero-order valence-corrected chi connectivity index (χ0v) is 18.0. The molecule has 1 N–H and O–H groups in total. The van der Waals surface area contributed by atoms with Gasteiger partial charge in [-0.1, -0.05) is 13.3 Å². The highest BCUT2D eigenvalue weighted by molar-refractivity contribution is 7.04. The van der Waals surface area contributed by atoms with Crippen molar-refractivity contribution in [3.05, 3.63) is 16.4 Å². The Morgan fingerprint density at radius 2 is 1.81 bits per heavy atom. The van der Waals surface area contributed by atoms with Crippen LogP contribution in [0.5, 0.6) is 0 Å². The maximum Gasteiger partial charge on any atom is 0.432 e. The number of rotatable bonds is 4. The molecule has 5 heteroatoms. The van der Waals surface area contributed by atoms with E-state index in [1.54, 1.807) is 0 Å². The van der Waals surface area contributed by atoms with Gasteiger partial charge in [-0.2, -0.15) is 4.99 Å². The molecule has 1 aromatic heterocycles. The first-order chi connectivity index (χ1) is 12.7. The van der Waals surface area contributed by atoms with E-state index in [0.717, 1.165) is 35.3 Å². The second kappa shape index (κ2) is 6.75. The Morgan fingerprint density at radius 3 is 2.26 bits per heavy atom. The fraction of sp³-hybridized carbons (Fsp3) is 0.818. The van der Waals surface area contributed by atoms with E-state index in [0.29, 0.717) is 11.3 Å². The lowest BCUT2D eigenvalue weighted by Gasteiger charge is -2.59. The van der Waals surface area contributed by atoms with Crippen LogP contribution in [-0.2, 0) is 5.54 Å². The molecule has 150 valence electrons. The Labute approximate surface area is 166 Å². The summed E-state index contributed by atoms with van der Waals surface area (Å²) in [5.41, 5.74) is 1.54. The van der Waals surface area contributed by atoms with Crippen molar-refractivity contribution in [1.82, 2.24) is 3.96 Å². The molecule has 4 bridgehead atoms. The molecule has 1 atom stereocenters. The molecule has 1 unspecified atom stereocenters. The predicted molar refractivity (Wildman–Crippen MR) is 109 cm³/mol. The first-order valence-corrected chi connectivity index (χ1v) is 11.5. The molecule has 27 heavy (non-hydrogen) atoms. The number of amides is 1. The van der Waals surface area contributed by atoms with Gasteiger partial charge in [-0.3, -0.25) is 3.96 Å². The third-order valence-electron chi connectivity index (χ3n) is 7.32. The fourth-order valence-electron chi connectivity index (χ4n) is 6.78. The number of aromatic nitrogens is 1. The van der Waals surface area contributed by atoms with Crippen molar-refractivity contribution < 1.29 is 9.90 Å². The van der Waals surface area contributed by atoms with E-state index >= 15 is 0 Å². The summed E-state index contributed by atoms with van der Waals surface area (Å²) in [5, 5.41) is 9.38. The van der Waals surface area contributed by atoms with Crippen LogP contribution < -0.4 is 4.67 Å². The van der Waals surface area contributed by atoms with Crippen molar-refractivity contribution in [2.24, 2.45) is 28.2 Å². The second-order valence-electron chi connectivity index (χ2n) is 10.5. The highest BCUT2D eigenvalue weighted by Gasteiger charge is 2.54. The van der Waals surface area contributed by atoms with E-state index in [4.69, 9.17) is 0 Å². The van der Waals surface area contributed by atoms with Gasteiger partial charge in [0.1, 0.15) is 4.67 Å². The SMILES string of the molecule is CCCC(c1cn(C(C)(C)C)sc1=NC(=O)O)C12CC3CC(CC(C3)C1)C2. The lowest BCUT2D eigenvalue weighted by Crippen LogP contribution is -2.49. The Balaban J connectivity index is 1.81. The van der Waals surface area contributed by atoms with Crippen LogP contribution in [0.2, 0.25) is 0 Å². The van der Waals surface area contributed by atoms with Gasteiger partial charge in [-0.05, 0) is 106 Å². The van der Waals surface area contributed by atoms with Crippen LogP contribution in [0.1, 0.15) is 90.5 Å². The minimum Gasteiger partial charge on any atom is -0.463 e. The third kappa shape index (κ3) is 3.52. The lowest BCUT2D eigenvalue weighted by atomic mass is 9.45. The van der Waals surface area contributed by atoms with Crippen molar-refractivity contribution in [3.8, 4) is 0 Å². The minimum atomic E-state index is -1.07. The van der Waals surface area contributed by atoms with Gasteiger partial charge in [0, 0.05) is 17.3 Å². The summed E-state index contributed by atoms with van der Waals surface area (Å²) in [4.78, 5) is 15.5. The van der Waals surface area contributed by atoms with E-state index in [1.165, 1.54) is 55.6 Å². The van der Waals surface area contributed by atoms with Crippen LogP contribution in [0.15, 0.2) is 11.2 Å². The highest BCUT2D eigenvalue weighted by Crippen LogP contribution is 2.65. The van der Waals surface area contributed by atoms with Crippen LogP contribution in [0.25, 0.3) is 0 Å². The maximum absolute atomic E-state index is 11.4. The number of hydrogen-bond donors (Lipinski definition) is 1. The highest BCUT2D eigenvalue weighted by atomic mass is 32.1. The zero-order valence-electron chi connectivity index (χ0n) is 17.2. The summed E-state index contributed by atoms with van der Waals surface area (Å²) in [6.45, 7) is 8.80. The molecular formula is C22H34N2O2S. The molecule has 1 aromatic rings. The van der Waals surface area contributed by atoms with E-state index < -0.39 is 6.09 Å². The van der Waals surface area contributed by atoms with Gasteiger partial charge in [0.25, 0.3) is 0 Å². The smallest absolute Gasteiger partial charge is 0.432 e. The molecule has 4 nitrogen and oxygen atoms in total. The molecule has 1 amide bonds. The Morgan fingerprint density at radius 1 is 1.26 bits per heavy atom. The van der Waals surface area contributed by atoms with Crippen LogP contribution in [0, 0.1) is 23.2 Å². The van der Waals surface area contributed by atoms with Crippen molar-refractivity contribution >= 4 is 17.6 Å². The number of carboxylic acid groups (broad SMARTS) is 1. The Hall–Kier alpha value is -1.10. The van der Waals surface area contributed by atoms with E-state index in [9.17, 15) is 9.90 Å². The fourth-order valence-corrected chi connectivity index (χ4v) is 7.83. The summed E-state index contributed by atoms with van der Waals surface area (Å²) in [7, 11) is 0. The summed E-state index contributed by atoms with van der Waals surface area (Å²) in [6, 6.07) is 0. The zero-order chi connectivity index (χ0) is 19.4. The summed E-state index contributed by atoms with van der Waals surface area (Å²) in [5.74, 6) is 3.17. The van der Waals surface area contributed by atoms with Gasteiger partial charge in [0.2, 0.25) is 0 Å². The van der Waals surface area contributed by atoms with Gasteiger partial charge in [-0.15, -0.1) is 0 Å². The van der Waals surface area contributed by atoms with Gasteiger partial charge >= 0.3 is 6.09 Å². The average molecular weight is 391 g/mol. The third-order valence-corrected chi connectivity index (χ3v) is 8.67. The van der Waals surface area contributed by atoms with Crippen LogP contribution in [0.4, 0.5) is 4.79 Å². The van der Waals surface area contributed by atoms with Gasteiger partial charge < -0.3 is 5.11 Å². The maximum atomic E-state index is 11.4. The molecule has 4 aliphatic rings. The molecule has 0 radical (unpaired) electrons. The molecular weight excluding hydrogens is 356 g/mol. The largest absolute Gasteiger partial charge is 0.463 e. The molecule has 1 heterocycles. The van der Waals surface area contributed by atoms with Crippen molar-refractivity contribution in [1.29, 1.82) is 0 Å². The van der Waals surface area contributed by atoms with Gasteiger partial charge in [0.05, 0.1) is 0 Å². The topological polar surface area (TPSA) is 54.6 Å². The number of nitrogens with zero attached hydrogens (tertiary/aromatic N) is 2. The minimum absolute atomic E-state index is 0.0517. The molecule has 0 aliphatic heterocycles. The molecule has 0 aromatic carbocycles. The molecule has 4 fully saturated rings. The monoisotopic (exact) mass is 390 g/mol. The van der Waals surface area contributed by atoms with Crippen LogP contribution in [-0.4, -0.2) is 15.2 Å². The van der Waals surface area contributed by atoms with E-state index in [-0.39, 0.29) is 5.54 Å². The molecule has 5 rings (SSSR count).